The van der Waals surface area contributed by atoms with Crippen LogP contribution in [0.3, 0.4) is 0 Å². The van der Waals surface area contributed by atoms with Crippen LogP contribution >= 0.6 is 0 Å². The molecule has 0 aliphatic heterocycles. The monoisotopic (exact) mass is 809 g/mol. The lowest BCUT2D eigenvalue weighted by atomic mass is 10.1. The lowest BCUT2D eigenvalue weighted by molar-refractivity contribution is -0.167. The summed E-state index contributed by atoms with van der Waals surface area (Å²) in [5, 5.41) is 0. The zero-order chi connectivity index (χ0) is 42.3. The molecule has 6 heteroatoms. The molecule has 0 radical (unpaired) electrons. The zero-order valence-corrected chi connectivity index (χ0v) is 37.8. The Labute approximate surface area is 357 Å². The summed E-state index contributed by atoms with van der Waals surface area (Å²) in [6, 6.07) is 0. The van der Waals surface area contributed by atoms with Crippen molar-refractivity contribution < 1.29 is 28.6 Å². The van der Waals surface area contributed by atoms with Crippen molar-refractivity contribution in [3.05, 3.63) is 72.9 Å². The van der Waals surface area contributed by atoms with E-state index < -0.39 is 6.10 Å². The zero-order valence-electron chi connectivity index (χ0n) is 37.8. The van der Waals surface area contributed by atoms with E-state index in [1.165, 1.54) is 64.2 Å². The average molecular weight is 809 g/mol. The molecule has 0 rings (SSSR count). The molecule has 1 unspecified atom stereocenters. The molecule has 6 nitrogen and oxygen atoms in total. The highest BCUT2D eigenvalue weighted by Gasteiger charge is 2.19. The minimum Gasteiger partial charge on any atom is -0.462 e. The fourth-order valence-electron chi connectivity index (χ4n) is 6.35. The van der Waals surface area contributed by atoms with Gasteiger partial charge >= 0.3 is 17.9 Å². The number of carbonyl (C=O) groups is 3. The number of allylic oxidation sites excluding steroid dienone is 12. The summed E-state index contributed by atoms with van der Waals surface area (Å²) < 4.78 is 16.6. The highest BCUT2D eigenvalue weighted by atomic mass is 16.6. The van der Waals surface area contributed by atoms with Gasteiger partial charge in [-0.3, -0.25) is 14.4 Å². The Morgan fingerprint density at radius 2 is 0.707 bits per heavy atom. The van der Waals surface area contributed by atoms with E-state index >= 15 is 0 Å². The van der Waals surface area contributed by atoms with Crippen LogP contribution in [0, 0.1) is 0 Å². The van der Waals surface area contributed by atoms with Crippen molar-refractivity contribution in [2.45, 2.75) is 226 Å². The van der Waals surface area contributed by atoms with E-state index in [4.69, 9.17) is 14.2 Å². The number of esters is 3. The molecule has 0 aliphatic carbocycles. The van der Waals surface area contributed by atoms with Gasteiger partial charge in [0.2, 0.25) is 0 Å². The van der Waals surface area contributed by atoms with Gasteiger partial charge in [0.15, 0.2) is 6.10 Å². The smallest absolute Gasteiger partial charge is 0.306 e. The Morgan fingerprint density at radius 1 is 0.362 bits per heavy atom. The highest BCUT2D eigenvalue weighted by molar-refractivity contribution is 5.71. The van der Waals surface area contributed by atoms with Crippen molar-refractivity contribution in [2.24, 2.45) is 0 Å². The molecular weight excluding hydrogens is 721 g/mol. The van der Waals surface area contributed by atoms with Gasteiger partial charge in [-0.05, 0) is 83.5 Å². The van der Waals surface area contributed by atoms with E-state index in [2.05, 4.69) is 93.7 Å². The summed E-state index contributed by atoms with van der Waals surface area (Å²) in [5.74, 6) is -0.916. The fourth-order valence-corrected chi connectivity index (χ4v) is 6.35. The number of rotatable bonds is 42. The van der Waals surface area contributed by atoms with Crippen LogP contribution < -0.4 is 0 Å². The molecule has 0 bridgehead atoms. The minimum absolute atomic E-state index is 0.0824. The van der Waals surface area contributed by atoms with E-state index in [1.54, 1.807) is 0 Å². The van der Waals surface area contributed by atoms with Crippen LogP contribution in [-0.4, -0.2) is 37.2 Å². The van der Waals surface area contributed by atoms with Crippen molar-refractivity contribution >= 4 is 17.9 Å². The van der Waals surface area contributed by atoms with Crippen LogP contribution in [0.25, 0.3) is 0 Å². The van der Waals surface area contributed by atoms with Gasteiger partial charge in [-0.25, -0.2) is 0 Å². The maximum atomic E-state index is 12.7. The van der Waals surface area contributed by atoms with E-state index in [1.807, 2.05) is 0 Å². The van der Waals surface area contributed by atoms with Crippen LogP contribution in [0.15, 0.2) is 72.9 Å². The van der Waals surface area contributed by atoms with E-state index in [-0.39, 0.29) is 31.1 Å². The molecule has 0 aliphatic rings. The third kappa shape index (κ3) is 44.0. The van der Waals surface area contributed by atoms with Crippen molar-refractivity contribution in [2.75, 3.05) is 13.2 Å². The van der Waals surface area contributed by atoms with Gasteiger partial charge in [0.1, 0.15) is 13.2 Å². The summed E-state index contributed by atoms with van der Waals surface area (Å²) in [5.41, 5.74) is 0. The van der Waals surface area contributed by atoms with Gasteiger partial charge in [-0.1, -0.05) is 190 Å². The molecular formula is C52H88O6. The van der Waals surface area contributed by atoms with Crippen molar-refractivity contribution in [1.29, 1.82) is 0 Å². The summed E-state index contributed by atoms with van der Waals surface area (Å²) in [7, 11) is 0. The largest absolute Gasteiger partial charge is 0.462 e. The van der Waals surface area contributed by atoms with E-state index in [9.17, 15) is 14.4 Å². The van der Waals surface area contributed by atoms with Gasteiger partial charge in [0.25, 0.3) is 0 Å². The molecule has 0 aromatic rings. The molecule has 58 heavy (non-hydrogen) atoms. The quantitative estimate of drug-likeness (QED) is 0.0264. The second-order valence-corrected chi connectivity index (χ2v) is 15.6. The molecule has 0 fully saturated rings. The highest BCUT2D eigenvalue weighted by Crippen LogP contribution is 2.13. The molecule has 0 N–H and O–H groups in total. The van der Waals surface area contributed by atoms with Crippen LogP contribution in [-0.2, 0) is 28.6 Å². The molecule has 0 heterocycles. The minimum atomic E-state index is -0.779. The summed E-state index contributed by atoms with van der Waals surface area (Å²) in [4.78, 5) is 37.6. The van der Waals surface area contributed by atoms with E-state index in [0.29, 0.717) is 19.3 Å². The van der Waals surface area contributed by atoms with Crippen LogP contribution in [0.5, 0.6) is 0 Å². The van der Waals surface area contributed by atoms with Crippen LogP contribution in [0.1, 0.15) is 220 Å². The molecule has 0 amide bonds. The number of hydrogen-bond acceptors (Lipinski definition) is 6. The second-order valence-electron chi connectivity index (χ2n) is 15.6. The first-order valence-electron chi connectivity index (χ1n) is 23.9. The maximum Gasteiger partial charge on any atom is 0.306 e. The maximum absolute atomic E-state index is 12.7. The Morgan fingerprint density at radius 3 is 1.14 bits per heavy atom. The Hall–Kier alpha value is -3.15. The SMILES string of the molecule is CC/C=C\C/C=C\C/C=C\C/C=C\C/C=C\CCCCCCCCCC(=O)OCC(COC(=O)CCCCCCCCC)OC(=O)CCCCCCC/C=C\CCC. The summed E-state index contributed by atoms with van der Waals surface area (Å²) in [6.45, 7) is 6.39. The predicted molar refractivity (Wildman–Crippen MR) is 247 cm³/mol. The lowest BCUT2D eigenvalue weighted by Gasteiger charge is -2.18. The van der Waals surface area contributed by atoms with Crippen molar-refractivity contribution in [3.63, 3.8) is 0 Å². The summed E-state index contributed by atoms with van der Waals surface area (Å²) in [6.07, 6.45) is 57.6. The lowest BCUT2D eigenvalue weighted by Crippen LogP contribution is -2.30. The predicted octanol–water partition coefficient (Wildman–Crippen LogP) is 15.5. The first-order chi connectivity index (χ1) is 28.5. The average Bonchev–Trinajstić information content (AvgIpc) is 3.22. The molecule has 1 atom stereocenters. The number of unbranched alkanes of at least 4 members (excludes halogenated alkanes) is 19. The third-order valence-corrected chi connectivity index (χ3v) is 9.93. The number of hydrogen-bond donors (Lipinski definition) is 0. The first-order valence-corrected chi connectivity index (χ1v) is 23.9. The summed E-state index contributed by atoms with van der Waals surface area (Å²) >= 11 is 0. The molecule has 0 saturated carbocycles. The van der Waals surface area contributed by atoms with Gasteiger partial charge in [0.05, 0.1) is 0 Å². The third-order valence-electron chi connectivity index (χ3n) is 9.93. The first kappa shape index (κ1) is 54.9. The fraction of sp³-hybridized carbons (Fsp3) is 0.712. The van der Waals surface area contributed by atoms with Gasteiger partial charge < -0.3 is 14.2 Å². The molecule has 0 spiro atoms. The van der Waals surface area contributed by atoms with Crippen LogP contribution in [0.4, 0.5) is 0 Å². The molecule has 0 saturated heterocycles. The Balaban J connectivity index is 4.21. The van der Waals surface area contributed by atoms with Crippen molar-refractivity contribution in [1.82, 2.24) is 0 Å². The van der Waals surface area contributed by atoms with Gasteiger partial charge in [-0.15, -0.1) is 0 Å². The Bertz CT molecular complexity index is 1110. The standard InChI is InChI=1S/C52H88O6/c1-4-7-10-13-16-18-20-21-22-23-24-25-26-27-28-29-30-31-32-34-36-39-42-45-51(54)57-48-49(47-56-50(53)44-41-38-35-15-12-9-6-3)58-52(55)46-43-40-37-33-19-17-14-11-8-5-2/h7,10-11,14,16,18,21-22,24-25,27-28,49H,4-6,8-9,12-13,15,17,19-20,23,26,29-48H2,1-3H3/b10-7-,14-11-,18-16-,22-21-,25-24-,28-27-. The molecule has 0 aromatic heterocycles. The molecule has 0 aromatic carbocycles. The van der Waals surface area contributed by atoms with Crippen molar-refractivity contribution in [3.8, 4) is 0 Å². The number of carbonyl (C=O) groups excluding carboxylic acids is 3. The number of ether oxygens (including phenoxy) is 3. The van der Waals surface area contributed by atoms with Gasteiger partial charge in [-0.2, -0.15) is 0 Å². The Kier molecular flexibility index (Phi) is 44.0. The van der Waals surface area contributed by atoms with Crippen LogP contribution in [0.2, 0.25) is 0 Å². The molecule has 332 valence electrons. The topological polar surface area (TPSA) is 78.9 Å². The van der Waals surface area contributed by atoms with E-state index in [0.717, 1.165) is 116 Å². The normalized spacial score (nSPS) is 12.7. The second kappa shape index (κ2) is 46.5. The van der Waals surface area contributed by atoms with Gasteiger partial charge in [0, 0.05) is 19.3 Å².